The number of esters is 1. The Bertz CT molecular complexity index is 1380. The van der Waals surface area contributed by atoms with Crippen molar-refractivity contribution in [2.75, 3.05) is 18.1 Å². The van der Waals surface area contributed by atoms with Crippen molar-refractivity contribution in [3.63, 3.8) is 0 Å². The quantitative estimate of drug-likeness (QED) is 0.123. The number of hydrogen-bond donors (Lipinski definition) is 1. The third-order valence-electron chi connectivity index (χ3n) is 6.18. The number of thiazole rings is 1. The lowest BCUT2D eigenvalue weighted by Gasteiger charge is -2.23. The van der Waals surface area contributed by atoms with Gasteiger partial charge in [0.2, 0.25) is 0 Å². The summed E-state index contributed by atoms with van der Waals surface area (Å²) in [6.07, 6.45) is 1.94. The van der Waals surface area contributed by atoms with Gasteiger partial charge in [-0.25, -0.2) is 9.78 Å². The number of Topliss-reactive ketones (excluding diaryl/α,β-unsaturated/α-hetero) is 1. The molecule has 1 aliphatic rings. The second-order valence-electron chi connectivity index (χ2n) is 8.94. The molecule has 1 aromatic heterocycles. The maximum atomic E-state index is 13.4. The fourth-order valence-corrected chi connectivity index (χ4v) is 5.15. The van der Waals surface area contributed by atoms with Crippen LogP contribution in [-0.4, -0.2) is 41.0 Å². The zero-order valence-corrected chi connectivity index (χ0v) is 22.6. The van der Waals surface area contributed by atoms with Crippen molar-refractivity contribution < 1.29 is 29.0 Å². The van der Waals surface area contributed by atoms with Crippen LogP contribution in [0.1, 0.15) is 64.8 Å². The van der Waals surface area contributed by atoms with Crippen LogP contribution in [0.15, 0.2) is 54.1 Å². The first kappa shape index (κ1) is 27.1. The van der Waals surface area contributed by atoms with Gasteiger partial charge >= 0.3 is 11.9 Å². The molecule has 1 amide bonds. The normalized spacial score (nSPS) is 16.6. The number of ether oxygens (including phenoxy) is 2. The van der Waals surface area contributed by atoms with Crippen LogP contribution in [0.2, 0.25) is 0 Å². The van der Waals surface area contributed by atoms with Crippen molar-refractivity contribution in [2.24, 2.45) is 0 Å². The summed E-state index contributed by atoms with van der Waals surface area (Å²) in [4.78, 5) is 45.1. The van der Waals surface area contributed by atoms with Gasteiger partial charge in [0.05, 0.1) is 30.5 Å². The molecule has 1 atom stereocenters. The molecule has 9 heteroatoms. The molecule has 0 radical (unpaired) electrons. The summed E-state index contributed by atoms with van der Waals surface area (Å²) in [6, 6.07) is 13.2. The van der Waals surface area contributed by atoms with Crippen LogP contribution in [0.4, 0.5) is 5.13 Å². The summed E-state index contributed by atoms with van der Waals surface area (Å²) in [6.45, 7) is 8.14. The topological polar surface area (TPSA) is 106 Å². The second kappa shape index (κ2) is 11.6. The number of hydrogen-bond acceptors (Lipinski definition) is 8. The number of nitrogens with zero attached hydrogens (tertiary/aromatic N) is 2. The molecule has 1 aliphatic heterocycles. The molecule has 0 bridgehead atoms. The van der Waals surface area contributed by atoms with Crippen LogP contribution in [0.3, 0.4) is 0 Å². The lowest BCUT2D eigenvalue weighted by molar-refractivity contribution is -0.132. The molecule has 0 aliphatic carbocycles. The summed E-state index contributed by atoms with van der Waals surface area (Å²) in [5, 5.41) is 11.5. The standard InChI is InChI=1S/C29H30N2O6S/c1-5-7-16-37-21-14-12-20(13-15-21)24(32)22-23(19-10-8-17(3)9-11-19)31(27(34)25(22)33)29-30-18(4)26(38-29)28(35)36-6-2/h8-15,23,32H,5-7,16H2,1-4H3/t23-/m0/s1. The fourth-order valence-electron chi connectivity index (χ4n) is 4.16. The van der Waals surface area contributed by atoms with Crippen LogP contribution in [0, 0.1) is 13.8 Å². The number of benzene rings is 2. The van der Waals surface area contributed by atoms with E-state index in [2.05, 4.69) is 11.9 Å². The highest BCUT2D eigenvalue weighted by Gasteiger charge is 2.48. The van der Waals surface area contributed by atoms with Crippen molar-refractivity contribution in [3.05, 3.63) is 81.4 Å². The number of ketones is 1. The summed E-state index contributed by atoms with van der Waals surface area (Å²) < 4.78 is 10.8. The van der Waals surface area contributed by atoms with Gasteiger partial charge < -0.3 is 14.6 Å². The SMILES string of the molecule is CCCCOc1ccc(C(O)=C2C(=O)C(=O)N(c3nc(C)c(C(=O)OCC)s3)[C@H]2c2ccc(C)cc2)cc1. The van der Waals surface area contributed by atoms with Crippen LogP contribution < -0.4 is 9.64 Å². The Morgan fingerprint density at radius 2 is 1.74 bits per heavy atom. The highest BCUT2D eigenvalue weighted by atomic mass is 32.1. The minimum Gasteiger partial charge on any atom is -0.507 e. The average molecular weight is 535 g/mol. The second-order valence-corrected chi connectivity index (χ2v) is 9.92. The number of carbonyl (C=O) groups is 3. The van der Waals surface area contributed by atoms with Gasteiger partial charge in [-0.2, -0.15) is 0 Å². The van der Waals surface area contributed by atoms with E-state index in [0.29, 0.717) is 29.2 Å². The molecule has 1 fully saturated rings. The van der Waals surface area contributed by atoms with Crippen molar-refractivity contribution in [3.8, 4) is 5.75 Å². The van der Waals surface area contributed by atoms with Crippen molar-refractivity contribution in [1.82, 2.24) is 4.98 Å². The number of unbranched alkanes of at least 4 members (excludes halogenated alkanes) is 1. The minimum absolute atomic E-state index is 0.0518. The fraction of sp³-hybridized carbons (Fsp3) is 0.310. The number of amides is 1. The molecule has 38 heavy (non-hydrogen) atoms. The first-order valence-corrected chi connectivity index (χ1v) is 13.3. The molecular formula is C29H30N2O6S. The van der Waals surface area contributed by atoms with E-state index in [9.17, 15) is 19.5 Å². The minimum atomic E-state index is -0.934. The molecule has 0 spiro atoms. The number of aliphatic hydroxyl groups excluding tert-OH is 1. The third-order valence-corrected chi connectivity index (χ3v) is 7.32. The maximum Gasteiger partial charge on any atom is 0.350 e. The zero-order valence-electron chi connectivity index (χ0n) is 21.8. The van der Waals surface area contributed by atoms with E-state index in [1.165, 1.54) is 4.90 Å². The lowest BCUT2D eigenvalue weighted by Crippen LogP contribution is -2.29. The molecule has 8 nitrogen and oxygen atoms in total. The van der Waals surface area contributed by atoms with Gasteiger partial charge in [0.15, 0.2) is 5.13 Å². The monoisotopic (exact) mass is 534 g/mol. The van der Waals surface area contributed by atoms with Gasteiger partial charge in [-0.3, -0.25) is 14.5 Å². The smallest absolute Gasteiger partial charge is 0.350 e. The van der Waals surface area contributed by atoms with Gasteiger partial charge in [-0.1, -0.05) is 54.5 Å². The van der Waals surface area contributed by atoms with E-state index in [0.717, 1.165) is 29.7 Å². The molecule has 1 saturated heterocycles. The average Bonchev–Trinajstić information content (AvgIpc) is 3.41. The molecule has 0 saturated carbocycles. The summed E-state index contributed by atoms with van der Waals surface area (Å²) in [5.74, 6) is -1.85. The Morgan fingerprint density at radius 3 is 2.37 bits per heavy atom. The Hall–Kier alpha value is -3.98. The number of rotatable bonds is 9. The van der Waals surface area contributed by atoms with E-state index in [4.69, 9.17) is 9.47 Å². The molecule has 3 aromatic rings. The van der Waals surface area contributed by atoms with Crippen LogP contribution >= 0.6 is 11.3 Å². The zero-order chi connectivity index (χ0) is 27.4. The molecule has 2 aromatic carbocycles. The van der Waals surface area contributed by atoms with Crippen molar-refractivity contribution in [2.45, 2.75) is 46.6 Å². The number of aryl methyl sites for hydroxylation is 2. The van der Waals surface area contributed by atoms with E-state index < -0.39 is 23.7 Å². The van der Waals surface area contributed by atoms with E-state index in [1.54, 1.807) is 38.1 Å². The predicted molar refractivity (Wildman–Crippen MR) is 146 cm³/mol. The summed E-state index contributed by atoms with van der Waals surface area (Å²) in [5.41, 5.74) is 2.35. The Labute approximate surface area is 225 Å². The number of aromatic nitrogens is 1. The van der Waals surface area contributed by atoms with Crippen LogP contribution in [0.25, 0.3) is 5.76 Å². The Balaban J connectivity index is 1.80. The summed E-state index contributed by atoms with van der Waals surface area (Å²) in [7, 11) is 0. The molecule has 198 valence electrons. The van der Waals surface area contributed by atoms with Gasteiger partial charge in [0.25, 0.3) is 5.78 Å². The number of aliphatic hydroxyl groups is 1. The highest BCUT2D eigenvalue weighted by molar-refractivity contribution is 7.17. The van der Waals surface area contributed by atoms with Crippen molar-refractivity contribution in [1.29, 1.82) is 0 Å². The van der Waals surface area contributed by atoms with Crippen LogP contribution in [-0.2, 0) is 14.3 Å². The maximum absolute atomic E-state index is 13.4. The summed E-state index contributed by atoms with van der Waals surface area (Å²) >= 11 is 0.980. The first-order chi connectivity index (χ1) is 18.3. The molecule has 0 unspecified atom stereocenters. The Kier molecular flexibility index (Phi) is 8.26. The van der Waals surface area contributed by atoms with E-state index in [1.807, 2.05) is 31.2 Å². The third kappa shape index (κ3) is 5.33. The molecular weight excluding hydrogens is 504 g/mol. The lowest BCUT2D eigenvalue weighted by atomic mass is 9.95. The molecule has 2 heterocycles. The van der Waals surface area contributed by atoms with Gasteiger partial charge in [-0.05, 0) is 57.0 Å². The van der Waals surface area contributed by atoms with Gasteiger partial charge in [-0.15, -0.1) is 0 Å². The van der Waals surface area contributed by atoms with Crippen LogP contribution in [0.5, 0.6) is 5.75 Å². The Morgan fingerprint density at radius 1 is 1.05 bits per heavy atom. The molecule has 1 N–H and O–H groups in total. The van der Waals surface area contributed by atoms with Gasteiger partial charge in [0.1, 0.15) is 16.4 Å². The largest absolute Gasteiger partial charge is 0.507 e. The number of anilines is 1. The number of carbonyl (C=O) groups excluding carboxylic acids is 3. The van der Waals surface area contributed by atoms with E-state index >= 15 is 0 Å². The van der Waals surface area contributed by atoms with E-state index in [-0.39, 0.29) is 27.9 Å². The first-order valence-electron chi connectivity index (χ1n) is 12.5. The van der Waals surface area contributed by atoms with Crippen molar-refractivity contribution >= 4 is 39.9 Å². The predicted octanol–water partition coefficient (Wildman–Crippen LogP) is 5.74. The molecule has 4 rings (SSSR count). The highest BCUT2D eigenvalue weighted by Crippen LogP contribution is 2.44. The van der Waals surface area contributed by atoms with Gasteiger partial charge in [0, 0.05) is 5.56 Å².